The van der Waals surface area contributed by atoms with Gasteiger partial charge in [0.1, 0.15) is 5.60 Å². The van der Waals surface area contributed by atoms with Crippen molar-refractivity contribution in [2.45, 2.75) is 62.2 Å². The first-order chi connectivity index (χ1) is 14.3. The number of aliphatic carboxylic acids is 1. The van der Waals surface area contributed by atoms with Gasteiger partial charge in [-0.3, -0.25) is 14.5 Å². The van der Waals surface area contributed by atoms with Crippen molar-refractivity contribution >= 4 is 11.8 Å². The van der Waals surface area contributed by atoms with Gasteiger partial charge in [0.05, 0.1) is 12.5 Å². The molecule has 0 amide bonds. The van der Waals surface area contributed by atoms with E-state index in [1.54, 1.807) is 13.2 Å². The highest BCUT2D eigenvalue weighted by Crippen LogP contribution is 2.63. The number of carboxylic acid groups (broad SMARTS) is 1. The Bertz CT molecular complexity index is 911. The lowest BCUT2D eigenvalue weighted by atomic mass is 9.51. The minimum absolute atomic E-state index is 0.0430. The molecule has 30 heavy (non-hydrogen) atoms. The van der Waals surface area contributed by atoms with Gasteiger partial charge in [0.25, 0.3) is 0 Å². The summed E-state index contributed by atoms with van der Waals surface area (Å²) in [6.45, 7) is 2.81. The SMILES string of the molecule is CCCCC(=O)O.COc1ccc2c3c1O[C@H]1C(=O)C=C[C@@]4(O)[C@@H](C2)N(C)CC[C@]314. The normalized spacial score (nSPS) is 32.6. The van der Waals surface area contributed by atoms with Crippen molar-refractivity contribution in [3.05, 3.63) is 35.4 Å². The maximum absolute atomic E-state index is 12.6. The number of methoxy groups -OCH3 is 1. The van der Waals surface area contributed by atoms with Crippen LogP contribution in [-0.4, -0.2) is 65.3 Å². The van der Waals surface area contributed by atoms with Crippen molar-refractivity contribution in [1.29, 1.82) is 0 Å². The summed E-state index contributed by atoms with van der Waals surface area (Å²) in [5, 5.41) is 19.7. The maximum Gasteiger partial charge on any atom is 0.303 e. The van der Waals surface area contributed by atoms with Crippen LogP contribution in [0.5, 0.6) is 11.5 Å². The van der Waals surface area contributed by atoms with Crippen molar-refractivity contribution in [3.63, 3.8) is 0 Å². The van der Waals surface area contributed by atoms with Crippen molar-refractivity contribution in [2.24, 2.45) is 0 Å². The first kappa shape index (κ1) is 20.9. The Balaban J connectivity index is 0.000000272. The van der Waals surface area contributed by atoms with Crippen LogP contribution in [0.15, 0.2) is 24.3 Å². The molecule has 162 valence electrons. The molecule has 1 fully saturated rings. The number of piperidine rings is 1. The van der Waals surface area contributed by atoms with Gasteiger partial charge in [0, 0.05) is 18.0 Å². The number of carboxylic acids is 1. The largest absolute Gasteiger partial charge is 0.493 e. The fourth-order valence-electron chi connectivity index (χ4n) is 5.60. The van der Waals surface area contributed by atoms with Crippen LogP contribution in [0.3, 0.4) is 0 Å². The molecule has 0 radical (unpaired) electrons. The summed E-state index contributed by atoms with van der Waals surface area (Å²) in [6, 6.07) is 3.92. The Morgan fingerprint density at radius 3 is 2.80 bits per heavy atom. The molecule has 2 aliphatic carbocycles. The number of nitrogens with zero attached hydrogens (tertiary/aromatic N) is 1. The van der Waals surface area contributed by atoms with Crippen molar-refractivity contribution in [3.8, 4) is 11.5 Å². The lowest BCUT2D eigenvalue weighted by molar-refractivity contribution is -0.151. The Kier molecular flexibility index (Phi) is 5.14. The number of carbonyl (C=O) groups is 2. The van der Waals surface area contributed by atoms with E-state index in [-0.39, 0.29) is 11.8 Å². The van der Waals surface area contributed by atoms with Crippen molar-refractivity contribution < 1.29 is 29.3 Å². The average molecular weight is 415 g/mol. The van der Waals surface area contributed by atoms with Crippen LogP contribution in [-0.2, 0) is 21.4 Å². The van der Waals surface area contributed by atoms with E-state index < -0.39 is 23.1 Å². The Morgan fingerprint density at radius 2 is 2.17 bits per heavy atom. The van der Waals surface area contributed by atoms with E-state index in [9.17, 15) is 14.7 Å². The van der Waals surface area contributed by atoms with Crippen molar-refractivity contribution in [1.82, 2.24) is 4.90 Å². The number of carbonyl (C=O) groups excluding carboxylic acids is 1. The first-order valence-corrected chi connectivity index (χ1v) is 10.5. The van der Waals surface area contributed by atoms with E-state index in [2.05, 4.69) is 11.0 Å². The van der Waals surface area contributed by atoms with Crippen LogP contribution in [0.25, 0.3) is 0 Å². The minimum atomic E-state index is -1.08. The van der Waals surface area contributed by atoms with Crippen LogP contribution in [0.1, 0.15) is 43.7 Å². The lowest BCUT2D eigenvalue weighted by Gasteiger charge is -2.60. The molecule has 2 bridgehead atoms. The summed E-state index contributed by atoms with van der Waals surface area (Å²) in [6.07, 6.45) is 6.09. The molecule has 1 aromatic carbocycles. The topological polar surface area (TPSA) is 96.3 Å². The molecule has 4 atom stereocenters. The third kappa shape index (κ3) is 2.72. The number of ketones is 1. The number of likely N-dealkylation sites (N-methyl/N-ethyl adjacent to an activating group) is 1. The Hall–Kier alpha value is -2.38. The summed E-state index contributed by atoms with van der Waals surface area (Å²) in [5.74, 6) is 0.527. The summed E-state index contributed by atoms with van der Waals surface area (Å²) in [5.41, 5.74) is 0.385. The number of likely N-dealkylation sites (tertiary alicyclic amines) is 1. The second-order valence-corrected chi connectivity index (χ2v) is 8.61. The third-order valence-electron chi connectivity index (χ3n) is 7.09. The van der Waals surface area contributed by atoms with Gasteiger partial charge in [-0.15, -0.1) is 0 Å². The van der Waals surface area contributed by atoms with Gasteiger partial charge in [0.15, 0.2) is 23.4 Å². The molecule has 7 heteroatoms. The van der Waals surface area contributed by atoms with Crippen LogP contribution in [0.2, 0.25) is 0 Å². The monoisotopic (exact) mass is 415 g/mol. The van der Waals surface area contributed by atoms with Gasteiger partial charge in [-0.05, 0) is 56.6 Å². The lowest BCUT2D eigenvalue weighted by Crippen LogP contribution is -2.74. The predicted octanol–water partition coefficient (Wildman–Crippen LogP) is 2.09. The van der Waals surface area contributed by atoms with Crippen LogP contribution in [0, 0.1) is 0 Å². The Morgan fingerprint density at radius 1 is 1.40 bits per heavy atom. The number of unbranched alkanes of at least 4 members (excludes halogenated alkanes) is 1. The van der Waals surface area contributed by atoms with Gasteiger partial charge in [-0.2, -0.15) is 0 Å². The Labute approximate surface area is 176 Å². The highest BCUT2D eigenvalue weighted by atomic mass is 16.5. The summed E-state index contributed by atoms with van der Waals surface area (Å²) in [4.78, 5) is 24.5. The third-order valence-corrected chi connectivity index (χ3v) is 7.09. The number of ether oxygens (including phenoxy) is 2. The first-order valence-electron chi connectivity index (χ1n) is 10.5. The van der Waals surface area contributed by atoms with E-state index in [0.29, 0.717) is 24.3 Å². The summed E-state index contributed by atoms with van der Waals surface area (Å²) >= 11 is 0. The highest BCUT2D eigenvalue weighted by molar-refractivity contribution is 5.99. The quantitative estimate of drug-likeness (QED) is 0.777. The highest BCUT2D eigenvalue weighted by Gasteiger charge is 2.71. The number of rotatable bonds is 4. The summed E-state index contributed by atoms with van der Waals surface area (Å²) in [7, 11) is 3.65. The summed E-state index contributed by atoms with van der Waals surface area (Å²) < 4.78 is 11.6. The zero-order chi connectivity index (χ0) is 21.7. The van der Waals surface area contributed by atoms with Gasteiger partial charge in [-0.1, -0.05) is 19.4 Å². The molecule has 1 aromatic rings. The van der Waals surface area contributed by atoms with E-state index in [0.717, 1.165) is 36.9 Å². The van der Waals surface area contributed by atoms with Gasteiger partial charge >= 0.3 is 5.97 Å². The molecule has 0 unspecified atom stereocenters. The molecule has 0 saturated carbocycles. The van der Waals surface area contributed by atoms with Gasteiger partial charge in [-0.25, -0.2) is 0 Å². The molecule has 4 aliphatic rings. The van der Waals surface area contributed by atoms with Crippen molar-refractivity contribution in [2.75, 3.05) is 20.7 Å². The molecule has 7 nitrogen and oxygen atoms in total. The van der Waals surface area contributed by atoms with Crippen LogP contribution < -0.4 is 9.47 Å². The zero-order valence-corrected chi connectivity index (χ0v) is 17.7. The van der Waals surface area contributed by atoms with E-state index in [4.69, 9.17) is 14.6 Å². The minimum Gasteiger partial charge on any atom is -0.493 e. The maximum atomic E-state index is 12.6. The van der Waals surface area contributed by atoms with Gasteiger partial charge < -0.3 is 19.7 Å². The number of benzene rings is 1. The van der Waals surface area contributed by atoms with E-state index in [1.165, 1.54) is 6.08 Å². The number of aliphatic hydroxyl groups is 1. The molecular weight excluding hydrogens is 386 g/mol. The standard InChI is InChI=1S/C18H19NO4.C5H10O2/c1-19-8-7-17-14-10-3-4-12(22-2)15(14)23-16(17)11(20)5-6-18(17,21)13(19)9-10;1-2-3-4-5(6)7/h3-6,13,16,21H,7-9H2,1-2H3;2-4H2,1H3,(H,6,7)/t13-,16+,17+,18-;/m1./s1. The molecule has 2 heterocycles. The zero-order valence-electron chi connectivity index (χ0n) is 17.7. The molecule has 5 rings (SSSR count). The molecule has 2 aliphatic heterocycles. The molecule has 2 N–H and O–H groups in total. The second-order valence-electron chi connectivity index (χ2n) is 8.61. The average Bonchev–Trinajstić information content (AvgIpc) is 3.08. The van der Waals surface area contributed by atoms with Crippen LogP contribution in [0.4, 0.5) is 0 Å². The second kappa shape index (κ2) is 7.39. The fraction of sp³-hybridized carbons (Fsp3) is 0.565. The molecule has 1 saturated heterocycles. The number of hydrogen-bond donors (Lipinski definition) is 2. The molecule has 1 spiro atoms. The van der Waals surface area contributed by atoms with E-state index >= 15 is 0 Å². The predicted molar refractivity (Wildman–Crippen MR) is 110 cm³/mol. The number of hydrogen-bond acceptors (Lipinski definition) is 6. The fourth-order valence-corrected chi connectivity index (χ4v) is 5.60. The van der Waals surface area contributed by atoms with Crippen LogP contribution >= 0.6 is 0 Å². The molecule has 0 aromatic heterocycles. The smallest absolute Gasteiger partial charge is 0.303 e. The molecular formula is C23H29NO6. The van der Waals surface area contributed by atoms with E-state index in [1.807, 2.05) is 20.0 Å². The van der Waals surface area contributed by atoms with Gasteiger partial charge in [0.2, 0.25) is 0 Å².